The van der Waals surface area contributed by atoms with Crippen molar-refractivity contribution >= 4 is 28.2 Å². The summed E-state index contributed by atoms with van der Waals surface area (Å²) in [5.41, 5.74) is 0.978. The maximum absolute atomic E-state index is 10.9. The third-order valence-electron chi connectivity index (χ3n) is 2.23. The minimum atomic E-state index is -0.425. The molecule has 15 heavy (non-hydrogen) atoms. The van der Waals surface area contributed by atoms with Crippen LogP contribution in [-0.2, 0) is 0 Å². The molecule has 0 radical (unpaired) electrons. The van der Waals surface area contributed by atoms with E-state index in [1.165, 1.54) is 0 Å². The summed E-state index contributed by atoms with van der Waals surface area (Å²) < 4.78 is 0. The lowest BCUT2D eigenvalue weighted by molar-refractivity contribution is -0.383. The number of hydrogen-bond acceptors (Lipinski definition) is 3. The molecule has 4 nitrogen and oxygen atoms in total. The molecule has 0 spiro atoms. The van der Waals surface area contributed by atoms with E-state index in [2.05, 4.69) is 4.98 Å². The summed E-state index contributed by atoms with van der Waals surface area (Å²) in [7, 11) is 0. The molecule has 0 atom stereocenters. The quantitative estimate of drug-likeness (QED) is 0.423. The Kier molecular flexibility index (Phi) is 2.28. The molecule has 1 heterocycles. The van der Waals surface area contributed by atoms with Gasteiger partial charge in [0.25, 0.3) is 5.69 Å². The molecule has 76 valence electrons. The maximum atomic E-state index is 10.9. The van der Waals surface area contributed by atoms with Gasteiger partial charge in [-0.1, -0.05) is 23.7 Å². The van der Waals surface area contributed by atoms with Crippen molar-refractivity contribution in [1.82, 2.24) is 4.98 Å². The van der Waals surface area contributed by atoms with Gasteiger partial charge in [-0.05, 0) is 19.1 Å². The average Bonchev–Trinajstić information content (AvgIpc) is 2.19. The van der Waals surface area contributed by atoms with Gasteiger partial charge in [0.1, 0.15) is 5.15 Å². The van der Waals surface area contributed by atoms with Gasteiger partial charge in [0.2, 0.25) is 0 Å². The molecule has 0 saturated carbocycles. The lowest BCUT2D eigenvalue weighted by Gasteiger charge is -2.03. The molecule has 1 aromatic heterocycles. The van der Waals surface area contributed by atoms with Gasteiger partial charge in [-0.3, -0.25) is 10.1 Å². The summed E-state index contributed by atoms with van der Waals surface area (Å²) in [6, 6.07) is 6.88. The number of para-hydroxylation sites is 1. The monoisotopic (exact) mass is 222 g/mol. The van der Waals surface area contributed by atoms with E-state index in [9.17, 15) is 10.1 Å². The van der Waals surface area contributed by atoms with E-state index in [4.69, 9.17) is 11.6 Å². The largest absolute Gasteiger partial charge is 0.284 e. The Hall–Kier alpha value is -1.68. The summed E-state index contributed by atoms with van der Waals surface area (Å²) in [6.45, 7) is 1.60. The Morgan fingerprint density at radius 2 is 2.07 bits per heavy atom. The Labute approximate surface area is 90.7 Å². The second-order valence-electron chi connectivity index (χ2n) is 3.15. The van der Waals surface area contributed by atoms with Gasteiger partial charge in [0.05, 0.1) is 21.4 Å². The zero-order valence-corrected chi connectivity index (χ0v) is 8.65. The molecule has 0 unspecified atom stereocenters. The van der Waals surface area contributed by atoms with Gasteiger partial charge < -0.3 is 0 Å². The highest BCUT2D eigenvalue weighted by atomic mass is 35.5. The number of rotatable bonds is 1. The molecule has 0 aliphatic carbocycles. The highest BCUT2D eigenvalue weighted by Crippen LogP contribution is 2.31. The maximum Gasteiger partial charge on any atom is 0.284 e. The molecule has 1 aromatic carbocycles. The Morgan fingerprint density at radius 1 is 1.40 bits per heavy atom. The van der Waals surface area contributed by atoms with Gasteiger partial charge in [0, 0.05) is 0 Å². The van der Waals surface area contributed by atoms with Crippen LogP contribution in [0.1, 0.15) is 5.56 Å². The predicted octanol–water partition coefficient (Wildman–Crippen LogP) is 3.10. The summed E-state index contributed by atoms with van der Waals surface area (Å²) in [6.07, 6.45) is 0. The lowest BCUT2D eigenvalue weighted by Crippen LogP contribution is -1.96. The molecule has 2 rings (SSSR count). The molecule has 0 saturated heterocycles. The van der Waals surface area contributed by atoms with Crippen LogP contribution < -0.4 is 0 Å². The third kappa shape index (κ3) is 1.53. The van der Waals surface area contributed by atoms with Crippen molar-refractivity contribution in [2.45, 2.75) is 6.92 Å². The normalized spacial score (nSPS) is 10.5. The number of hydrogen-bond donors (Lipinski definition) is 0. The van der Waals surface area contributed by atoms with E-state index in [0.717, 1.165) is 0 Å². The fourth-order valence-corrected chi connectivity index (χ4v) is 1.68. The van der Waals surface area contributed by atoms with Crippen molar-refractivity contribution in [3.05, 3.63) is 45.1 Å². The van der Waals surface area contributed by atoms with E-state index >= 15 is 0 Å². The topological polar surface area (TPSA) is 56.0 Å². The van der Waals surface area contributed by atoms with Gasteiger partial charge in [-0.15, -0.1) is 0 Å². The van der Waals surface area contributed by atoms with Crippen molar-refractivity contribution in [1.29, 1.82) is 0 Å². The summed E-state index contributed by atoms with van der Waals surface area (Å²) in [4.78, 5) is 14.6. The van der Waals surface area contributed by atoms with Crippen molar-refractivity contribution in [3.8, 4) is 0 Å². The van der Waals surface area contributed by atoms with Crippen LogP contribution in [-0.4, -0.2) is 9.91 Å². The highest BCUT2D eigenvalue weighted by Gasteiger charge is 2.19. The molecular weight excluding hydrogens is 216 g/mol. The zero-order chi connectivity index (χ0) is 11.0. The van der Waals surface area contributed by atoms with E-state index in [0.29, 0.717) is 16.5 Å². The van der Waals surface area contributed by atoms with Crippen molar-refractivity contribution in [3.63, 3.8) is 0 Å². The standard InChI is InChI=1S/C10H7ClN2O2/c1-6-9(13(14)15)7-4-2-3-5-8(7)12-10(6)11/h2-5H,1H3. The zero-order valence-electron chi connectivity index (χ0n) is 7.90. The first-order valence-electron chi connectivity index (χ1n) is 4.30. The fraction of sp³-hybridized carbons (Fsp3) is 0.100. The minimum Gasteiger partial charge on any atom is -0.258 e. The van der Waals surface area contributed by atoms with Crippen LogP contribution in [0, 0.1) is 17.0 Å². The Morgan fingerprint density at radius 3 is 2.73 bits per heavy atom. The predicted molar refractivity (Wildman–Crippen MR) is 58.1 cm³/mol. The molecule has 0 amide bonds. The lowest BCUT2D eigenvalue weighted by atomic mass is 10.1. The molecule has 0 N–H and O–H groups in total. The van der Waals surface area contributed by atoms with Gasteiger partial charge in [-0.25, -0.2) is 4.98 Å². The molecule has 0 fully saturated rings. The number of fused-ring (bicyclic) bond motifs is 1. The number of aromatic nitrogens is 1. The summed E-state index contributed by atoms with van der Waals surface area (Å²) in [5, 5.41) is 11.6. The van der Waals surface area contributed by atoms with Crippen LogP contribution in [0.3, 0.4) is 0 Å². The van der Waals surface area contributed by atoms with Crippen LogP contribution in [0.5, 0.6) is 0 Å². The van der Waals surface area contributed by atoms with Gasteiger partial charge >= 0.3 is 0 Å². The van der Waals surface area contributed by atoms with Gasteiger partial charge in [-0.2, -0.15) is 0 Å². The van der Waals surface area contributed by atoms with Crippen LogP contribution >= 0.6 is 11.6 Å². The van der Waals surface area contributed by atoms with E-state index in [-0.39, 0.29) is 10.8 Å². The molecule has 0 aliphatic rings. The minimum absolute atomic E-state index is 0.0330. The van der Waals surface area contributed by atoms with E-state index < -0.39 is 4.92 Å². The van der Waals surface area contributed by atoms with Crippen LogP contribution in [0.2, 0.25) is 5.15 Å². The average molecular weight is 223 g/mol. The van der Waals surface area contributed by atoms with Crippen molar-refractivity contribution < 1.29 is 4.92 Å². The van der Waals surface area contributed by atoms with E-state index in [1.807, 2.05) is 0 Å². The van der Waals surface area contributed by atoms with E-state index in [1.54, 1.807) is 31.2 Å². The fourth-order valence-electron chi connectivity index (χ4n) is 1.50. The number of benzene rings is 1. The number of nitro groups is 1. The van der Waals surface area contributed by atoms with Crippen molar-refractivity contribution in [2.75, 3.05) is 0 Å². The van der Waals surface area contributed by atoms with Crippen LogP contribution in [0.4, 0.5) is 5.69 Å². The molecule has 2 aromatic rings. The number of pyridine rings is 1. The van der Waals surface area contributed by atoms with Crippen LogP contribution in [0.25, 0.3) is 10.9 Å². The van der Waals surface area contributed by atoms with Crippen LogP contribution in [0.15, 0.2) is 24.3 Å². The Bertz CT molecular complexity index is 554. The second kappa shape index (κ2) is 3.47. The number of halogens is 1. The van der Waals surface area contributed by atoms with Crippen molar-refractivity contribution in [2.24, 2.45) is 0 Å². The molecule has 0 bridgehead atoms. The SMILES string of the molecule is Cc1c(Cl)nc2ccccc2c1[N+](=O)[O-]. The molecule has 5 heteroatoms. The first-order chi connectivity index (χ1) is 7.11. The summed E-state index contributed by atoms with van der Waals surface area (Å²) >= 11 is 5.82. The third-order valence-corrected chi connectivity index (χ3v) is 2.59. The highest BCUT2D eigenvalue weighted by molar-refractivity contribution is 6.31. The number of nitrogens with zero attached hydrogens (tertiary/aromatic N) is 2. The molecular formula is C10H7ClN2O2. The molecule has 0 aliphatic heterocycles. The summed E-state index contributed by atoms with van der Waals surface area (Å²) in [5.74, 6) is 0. The first kappa shape index (κ1) is 9.86. The second-order valence-corrected chi connectivity index (χ2v) is 3.51. The smallest absolute Gasteiger partial charge is 0.258 e. The first-order valence-corrected chi connectivity index (χ1v) is 4.68. The van der Waals surface area contributed by atoms with Gasteiger partial charge in [0.15, 0.2) is 0 Å². The Balaban J connectivity index is 2.95.